The number of anilines is 1. The van der Waals surface area contributed by atoms with Crippen molar-refractivity contribution in [2.24, 2.45) is 0 Å². The second-order valence-corrected chi connectivity index (χ2v) is 6.63. The number of halogens is 1. The number of fused-ring (bicyclic) bond motifs is 1. The lowest BCUT2D eigenvalue weighted by atomic mass is 10.1. The molecule has 0 aliphatic carbocycles. The van der Waals surface area contributed by atoms with Gasteiger partial charge in [-0.1, -0.05) is 41.9 Å². The first-order chi connectivity index (χ1) is 12.1. The topological polar surface area (TPSA) is 49.4 Å². The van der Waals surface area contributed by atoms with Crippen molar-refractivity contribution in [1.29, 1.82) is 0 Å². The summed E-state index contributed by atoms with van der Waals surface area (Å²) in [4.78, 5) is 26.3. The van der Waals surface area contributed by atoms with E-state index in [0.29, 0.717) is 18.0 Å². The molecule has 130 valence electrons. The van der Waals surface area contributed by atoms with Crippen LogP contribution in [-0.4, -0.2) is 24.9 Å². The standard InChI is InChI=1S/C20H21ClN2O2/c21-17-10-8-15(9-11-17)12-13-22-19(24)14-23-18-6-2-1-4-16(18)5-3-7-20(23)25/h1-2,4,6,8-11H,3,5,7,12-14H2,(H,22,24). The van der Waals surface area contributed by atoms with Gasteiger partial charge in [0.05, 0.1) is 0 Å². The highest BCUT2D eigenvalue weighted by Crippen LogP contribution is 2.26. The predicted octanol–water partition coefficient (Wildman–Crippen LogP) is 3.37. The Labute approximate surface area is 152 Å². The van der Waals surface area contributed by atoms with Gasteiger partial charge in [-0.05, 0) is 48.6 Å². The Kier molecular flexibility index (Phi) is 5.71. The van der Waals surface area contributed by atoms with Crippen molar-refractivity contribution >= 4 is 29.1 Å². The zero-order chi connectivity index (χ0) is 17.6. The minimum Gasteiger partial charge on any atom is -0.354 e. The number of nitrogens with one attached hydrogen (secondary N) is 1. The second kappa shape index (κ2) is 8.17. The number of hydrogen-bond donors (Lipinski definition) is 1. The Hall–Kier alpha value is -2.33. The highest BCUT2D eigenvalue weighted by atomic mass is 35.5. The lowest BCUT2D eigenvalue weighted by Crippen LogP contribution is -2.41. The maximum absolute atomic E-state index is 12.4. The van der Waals surface area contributed by atoms with E-state index in [9.17, 15) is 9.59 Å². The van der Waals surface area contributed by atoms with Gasteiger partial charge in [0.2, 0.25) is 11.8 Å². The van der Waals surface area contributed by atoms with Gasteiger partial charge >= 0.3 is 0 Å². The molecule has 2 aromatic carbocycles. The van der Waals surface area contributed by atoms with Gasteiger partial charge in [0.15, 0.2) is 0 Å². The van der Waals surface area contributed by atoms with Gasteiger partial charge in [-0.15, -0.1) is 0 Å². The van der Waals surface area contributed by atoms with Gasteiger partial charge in [0, 0.05) is 23.7 Å². The van der Waals surface area contributed by atoms with Gasteiger partial charge < -0.3 is 10.2 Å². The number of carbonyl (C=O) groups excluding carboxylic acids is 2. The number of para-hydroxylation sites is 1. The zero-order valence-electron chi connectivity index (χ0n) is 14.0. The van der Waals surface area contributed by atoms with Crippen molar-refractivity contribution in [3.63, 3.8) is 0 Å². The Morgan fingerprint density at radius 1 is 1.08 bits per heavy atom. The molecule has 0 saturated carbocycles. The summed E-state index contributed by atoms with van der Waals surface area (Å²) in [5.74, 6) is -0.128. The van der Waals surface area contributed by atoms with E-state index in [1.54, 1.807) is 4.90 Å². The summed E-state index contributed by atoms with van der Waals surface area (Å²) in [5.41, 5.74) is 3.10. The third kappa shape index (κ3) is 4.60. The van der Waals surface area contributed by atoms with E-state index in [1.807, 2.05) is 48.5 Å². The molecule has 2 amide bonds. The number of rotatable bonds is 5. The fourth-order valence-electron chi connectivity index (χ4n) is 3.06. The van der Waals surface area contributed by atoms with E-state index in [0.717, 1.165) is 36.1 Å². The lowest BCUT2D eigenvalue weighted by Gasteiger charge is -2.22. The van der Waals surface area contributed by atoms with Crippen molar-refractivity contribution in [1.82, 2.24) is 5.32 Å². The quantitative estimate of drug-likeness (QED) is 0.893. The van der Waals surface area contributed by atoms with Crippen molar-refractivity contribution < 1.29 is 9.59 Å². The van der Waals surface area contributed by atoms with E-state index in [2.05, 4.69) is 5.32 Å². The van der Waals surface area contributed by atoms with Crippen LogP contribution in [0.25, 0.3) is 0 Å². The number of amides is 2. The highest BCUT2D eigenvalue weighted by molar-refractivity contribution is 6.30. The molecule has 0 fully saturated rings. The Bertz CT molecular complexity index is 759. The number of aryl methyl sites for hydroxylation is 1. The van der Waals surface area contributed by atoms with Crippen LogP contribution in [-0.2, 0) is 22.4 Å². The van der Waals surface area contributed by atoms with Crippen LogP contribution >= 0.6 is 11.6 Å². The fraction of sp³-hybridized carbons (Fsp3) is 0.300. The Morgan fingerprint density at radius 2 is 1.84 bits per heavy atom. The van der Waals surface area contributed by atoms with Crippen LogP contribution in [0.1, 0.15) is 24.0 Å². The van der Waals surface area contributed by atoms with E-state index >= 15 is 0 Å². The third-order valence-corrected chi connectivity index (χ3v) is 4.62. The molecule has 0 atom stereocenters. The molecule has 0 spiro atoms. The molecule has 4 nitrogen and oxygen atoms in total. The van der Waals surface area contributed by atoms with Gasteiger partial charge in [0.1, 0.15) is 6.54 Å². The predicted molar refractivity (Wildman–Crippen MR) is 99.9 cm³/mol. The summed E-state index contributed by atoms with van der Waals surface area (Å²) >= 11 is 5.87. The first-order valence-corrected chi connectivity index (χ1v) is 8.91. The molecule has 1 heterocycles. The SMILES string of the molecule is O=C(CN1C(=O)CCCc2ccccc21)NCCc1ccc(Cl)cc1. The zero-order valence-corrected chi connectivity index (χ0v) is 14.8. The van der Waals surface area contributed by atoms with Crippen molar-refractivity contribution in [3.8, 4) is 0 Å². The summed E-state index contributed by atoms with van der Waals surface area (Å²) in [6.07, 6.45) is 2.90. The van der Waals surface area contributed by atoms with Crippen LogP contribution in [0.2, 0.25) is 5.02 Å². The third-order valence-electron chi connectivity index (χ3n) is 4.37. The molecule has 25 heavy (non-hydrogen) atoms. The summed E-state index contributed by atoms with van der Waals surface area (Å²) in [6, 6.07) is 15.4. The van der Waals surface area contributed by atoms with Gasteiger partial charge in [-0.3, -0.25) is 9.59 Å². The molecule has 0 saturated heterocycles. The minimum absolute atomic E-state index is 0.0119. The normalized spacial score (nSPS) is 14.0. The van der Waals surface area contributed by atoms with Crippen LogP contribution in [0.15, 0.2) is 48.5 Å². The monoisotopic (exact) mass is 356 g/mol. The lowest BCUT2D eigenvalue weighted by molar-refractivity contribution is -0.123. The maximum Gasteiger partial charge on any atom is 0.240 e. The molecule has 5 heteroatoms. The van der Waals surface area contributed by atoms with Gasteiger partial charge in [-0.25, -0.2) is 0 Å². The van der Waals surface area contributed by atoms with Gasteiger partial charge in [0.25, 0.3) is 0 Å². The van der Waals surface area contributed by atoms with Crippen LogP contribution in [0.5, 0.6) is 0 Å². The number of nitrogens with zero attached hydrogens (tertiary/aromatic N) is 1. The first kappa shape index (κ1) is 17.5. The summed E-state index contributed by atoms with van der Waals surface area (Å²) in [7, 11) is 0. The molecule has 0 bridgehead atoms. The molecule has 2 aromatic rings. The minimum atomic E-state index is -0.140. The van der Waals surface area contributed by atoms with Crippen LogP contribution < -0.4 is 10.2 Å². The van der Waals surface area contributed by atoms with Crippen LogP contribution in [0, 0.1) is 0 Å². The van der Waals surface area contributed by atoms with E-state index in [-0.39, 0.29) is 18.4 Å². The smallest absolute Gasteiger partial charge is 0.240 e. The van der Waals surface area contributed by atoms with Crippen molar-refractivity contribution in [2.45, 2.75) is 25.7 Å². The first-order valence-electron chi connectivity index (χ1n) is 8.53. The molecular formula is C20H21ClN2O2. The van der Waals surface area contributed by atoms with Crippen molar-refractivity contribution in [2.75, 3.05) is 18.0 Å². The largest absolute Gasteiger partial charge is 0.354 e. The average molecular weight is 357 g/mol. The average Bonchev–Trinajstić information content (AvgIpc) is 2.76. The maximum atomic E-state index is 12.4. The fourth-order valence-corrected chi connectivity index (χ4v) is 3.18. The van der Waals surface area contributed by atoms with Gasteiger partial charge in [-0.2, -0.15) is 0 Å². The summed E-state index contributed by atoms with van der Waals surface area (Å²) in [6.45, 7) is 0.598. The number of carbonyl (C=O) groups is 2. The number of hydrogen-bond acceptors (Lipinski definition) is 2. The molecule has 0 unspecified atom stereocenters. The molecule has 1 aliphatic rings. The van der Waals surface area contributed by atoms with E-state index < -0.39 is 0 Å². The van der Waals surface area contributed by atoms with E-state index in [4.69, 9.17) is 11.6 Å². The molecule has 0 aromatic heterocycles. The summed E-state index contributed by atoms with van der Waals surface area (Å²) in [5, 5.41) is 3.60. The Morgan fingerprint density at radius 3 is 2.64 bits per heavy atom. The highest BCUT2D eigenvalue weighted by Gasteiger charge is 2.23. The number of benzene rings is 2. The Balaban J connectivity index is 1.58. The van der Waals surface area contributed by atoms with Crippen LogP contribution in [0.4, 0.5) is 5.69 Å². The molecule has 1 aliphatic heterocycles. The van der Waals surface area contributed by atoms with Crippen LogP contribution in [0.3, 0.4) is 0 Å². The molecule has 0 radical (unpaired) electrons. The molecular weight excluding hydrogens is 336 g/mol. The molecule has 3 rings (SSSR count). The van der Waals surface area contributed by atoms with Crippen molar-refractivity contribution in [3.05, 3.63) is 64.7 Å². The second-order valence-electron chi connectivity index (χ2n) is 6.19. The summed E-state index contributed by atoms with van der Waals surface area (Å²) < 4.78 is 0. The molecule has 1 N–H and O–H groups in total. The van der Waals surface area contributed by atoms with E-state index in [1.165, 1.54) is 0 Å².